The Morgan fingerprint density at radius 3 is 2.70 bits per heavy atom. The van der Waals surface area contributed by atoms with Crippen molar-refractivity contribution in [3.63, 3.8) is 0 Å². The van der Waals surface area contributed by atoms with Crippen molar-refractivity contribution in [2.75, 3.05) is 25.2 Å². The number of carbonyl (C=O) groups excluding carboxylic acids is 1. The lowest BCUT2D eigenvalue weighted by Gasteiger charge is -2.21. The van der Waals surface area contributed by atoms with Crippen LogP contribution in [0.2, 0.25) is 0 Å². The van der Waals surface area contributed by atoms with Gasteiger partial charge in [-0.05, 0) is 36.8 Å². The molecular formula is C18H20N2O3. The van der Waals surface area contributed by atoms with Crippen LogP contribution in [-0.4, -0.2) is 30.7 Å². The van der Waals surface area contributed by atoms with E-state index in [1.54, 1.807) is 0 Å². The maximum atomic E-state index is 12.4. The Bertz CT molecular complexity index is 673. The van der Waals surface area contributed by atoms with E-state index < -0.39 is 0 Å². The van der Waals surface area contributed by atoms with Crippen LogP contribution >= 0.6 is 0 Å². The largest absolute Gasteiger partial charge is 0.454 e. The van der Waals surface area contributed by atoms with Crippen molar-refractivity contribution in [2.24, 2.45) is 0 Å². The monoisotopic (exact) mass is 312 g/mol. The zero-order chi connectivity index (χ0) is 16.1. The summed E-state index contributed by atoms with van der Waals surface area (Å²) < 4.78 is 10.7. The molecule has 1 heterocycles. The number of fused-ring (bicyclic) bond motifs is 1. The van der Waals surface area contributed by atoms with E-state index in [1.165, 1.54) is 0 Å². The third kappa shape index (κ3) is 3.74. The highest BCUT2D eigenvalue weighted by molar-refractivity contribution is 5.80. The van der Waals surface area contributed by atoms with Crippen molar-refractivity contribution in [1.82, 2.24) is 4.90 Å². The minimum Gasteiger partial charge on any atom is -0.454 e. The number of anilines is 1. The van der Waals surface area contributed by atoms with Gasteiger partial charge >= 0.3 is 0 Å². The highest BCUT2D eigenvalue weighted by Crippen LogP contribution is 2.32. The van der Waals surface area contributed by atoms with E-state index in [0.717, 1.165) is 22.7 Å². The molecule has 0 spiro atoms. The van der Waals surface area contributed by atoms with Crippen LogP contribution in [0.4, 0.5) is 5.69 Å². The highest BCUT2D eigenvalue weighted by atomic mass is 16.7. The molecule has 0 aliphatic carbocycles. The van der Waals surface area contributed by atoms with Crippen LogP contribution in [-0.2, 0) is 11.3 Å². The Morgan fingerprint density at radius 2 is 1.91 bits per heavy atom. The van der Waals surface area contributed by atoms with Crippen LogP contribution in [0.3, 0.4) is 0 Å². The Balaban J connectivity index is 1.59. The number of likely N-dealkylation sites (N-methyl/N-ethyl adjacent to an activating group) is 1. The summed E-state index contributed by atoms with van der Waals surface area (Å²) in [5.41, 5.74) is 1.98. The maximum Gasteiger partial charge on any atom is 0.242 e. The molecule has 0 saturated carbocycles. The summed E-state index contributed by atoms with van der Waals surface area (Å²) in [5.74, 6) is 1.57. The molecule has 0 bridgehead atoms. The summed E-state index contributed by atoms with van der Waals surface area (Å²) in [4.78, 5) is 14.2. The van der Waals surface area contributed by atoms with Crippen molar-refractivity contribution in [2.45, 2.75) is 13.5 Å². The van der Waals surface area contributed by atoms with Gasteiger partial charge in [-0.3, -0.25) is 4.79 Å². The van der Waals surface area contributed by atoms with E-state index >= 15 is 0 Å². The van der Waals surface area contributed by atoms with Crippen LogP contribution < -0.4 is 14.8 Å². The van der Waals surface area contributed by atoms with Crippen molar-refractivity contribution < 1.29 is 14.3 Å². The summed E-state index contributed by atoms with van der Waals surface area (Å²) in [7, 11) is 0. The first-order chi connectivity index (χ1) is 11.3. The number of para-hydroxylation sites is 1. The predicted octanol–water partition coefficient (Wildman–Crippen LogP) is 2.88. The maximum absolute atomic E-state index is 12.4. The first kappa shape index (κ1) is 15.2. The van der Waals surface area contributed by atoms with E-state index in [9.17, 15) is 4.79 Å². The van der Waals surface area contributed by atoms with Crippen LogP contribution in [0.15, 0.2) is 48.5 Å². The third-order valence-electron chi connectivity index (χ3n) is 3.76. The molecular weight excluding hydrogens is 292 g/mol. The topological polar surface area (TPSA) is 50.8 Å². The standard InChI is InChI=1S/C18H20N2O3/c1-2-20(18(21)11-19-15-6-4-3-5-7-15)12-14-8-9-16-17(10-14)23-13-22-16/h3-10,19H,2,11-13H2,1H3. The summed E-state index contributed by atoms with van der Waals surface area (Å²) in [6, 6.07) is 15.5. The molecule has 23 heavy (non-hydrogen) atoms. The molecule has 2 aromatic carbocycles. The fourth-order valence-corrected chi connectivity index (χ4v) is 2.48. The molecule has 1 amide bonds. The van der Waals surface area contributed by atoms with Gasteiger partial charge in [-0.25, -0.2) is 0 Å². The van der Waals surface area contributed by atoms with Gasteiger partial charge in [-0.2, -0.15) is 0 Å². The summed E-state index contributed by atoms with van der Waals surface area (Å²) in [6.07, 6.45) is 0. The van der Waals surface area contributed by atoms with Gasteiger partial charge in [0.1, 0.15) is 0 Å². The number of benzene rings is 2. The lowest BCUT2D eigenvalue weighted by molar-refractivity contribution is -0.129. The predicted molar refractivity (Wildman–Crippen MR) is 88.6 cm³/mol. The average Bonchev–Trinajstić information content (AvgIpc) is 3.06. The molecule has 0 radical (unpaired) electrons. The molecule has 5 heteroatoms. The second-order valence-corrected chi connectivity index (χ2v) is 5.32. The van der Waals surface area contributed by atoms with E-state index in [1.807, 2.05) is 60.4 Å². The summed E-state index contributed by atoms with van der Waals surface area (Å²) in [6.45, 7) is 3.73. The molecule has 0 aromatic heterocycles. The molecule has 5 nitrogen and oxygen atoms in total. The lowest BCUT2D eigenvalue weighted by Crippen LogP contribution is -2.34. The van der Waals surface area contributed by atoms with E-state index in [2.05, 4.69) is 5.32 Å². The molecule has 1 aliphatic heterocycles. The van der Waals surface area contributed by atoms with E-state index in [4.69, 9.17) is 9.47 Å². The quantitative estimate of drug-likeness (QED) is 0.891. The van der Waals surface area contributed by atoms with Crippen molar-refractivity contribution in [1.29, 1.82) is 0 Å². The minimum absolute atomic E-state index is 0.0639. The lowest BCUT2D eigenvalue weighted by atomic mass is 10.2. The Kier molecular flexibility index (Phi) is 4.66. The Labute approximate surface area is 135 Å². The molecule has 120 valence electrons. The molecule has 1 N–H and O–H groups in total. The molecule has 0 atom stereocenters. The number of hydrogen-bond acceptors (Lipinski definition) is 4. The molecule has 0 unspecified atom stereocenters. The van der Waals surface area contributed by atoms with Crippen molar-refractivity contribution >= 4 is 11.6 Å². The van der Waals surface area contributed by atoms with Crippen LogP contribution in [0.5, 0.6) is 11.5 Å². The second kappa shape index (κ2) is 7.05. The van der Waals surface area contributed by atoms with E-state index in [-0.39, 0.29) is 19.2 Å². The fraction of sp³-hybridized carbons (Fsp3) is 0.278. The Hall–Kier alpha value is -2.69. The molecule has 0 fully saturated rings. The number of hydrogen-bond donors (Lipinski definition) is 1. The molecule has 2 aromatic rings. The van der Waals surface area contributed by atoms with Gasteiger partial charge < -0.3 is 19.7 Å². The first-order valence-corrected chi connectivity index (χ1v) is 7.71. The number of nitrogens with one attached hydrogen (secondary N) is 1. The van der Waals surface area contributed by atoms with Gasteiger partial charge in [0.2, 0.25) is 12.7 Å². The second-order valence-electron chi connectivity index (χ2n) is 5.32. The van der Waals surface area contributed by atoms with Gasteiger partial charge in [0.05, 0.1) is 6.54 Å². The van der Waals surface area contributed by atoms with Gasteiger partial charge in [0.15, 0.2) is 11.5 Å². The summed E-state index contributed by atoms with van der Waals surface area (Å²) >= 11 is 0. The zero-order valence-corrected chi connectivity index (χ0v) is 13.1. The minimum atomic E-state index is 0.0639. The van der Waals surface area contributed by atoms with Crippen LogP contribution in [0, 0.1) is 0 Å². The fourth-order valence-electron chi connectivity index (χ4n) is 2.48. The normalized spacial score (nSPS) is 12.0. The first-order valence-electron chi connectivity index (χ1n) is 7.71. The van der Waals surface area contributed by atoms with Crippen LogP contribution in [0.25, 0.3) is 0 Å². The molecule has 1 aliphatic rings. The average molecular weight is 312 g/mol. The molecule has 3 rings (SSSR count). The zero-order valence-electron chi connectivity index (χ0n) is 13.1. The SMILES string of the molecule is CCN(Cc1ccc2c(c1)OCO2)C(=O)CNc1ccccc1. The van der Waals surface area contributed by atoms with Crippen molar-refractivity contribution in [3.8, 4) is 11.5 Å². The number of ether oxygens (including phenoxy) is 2. The smallest absolute Gasteiger partial charge is 0.242 e. The highest BCUT2D eigenvalue weighted by Gasteiger charge is 2.16. The summed E-state index contributed by atoms with van der Waals surface area (Å²) in [5, 5.41) is 3.15. The number of nitrogens with zero attached hydrogens (tertiary/aromatic N) is 1. The Morgan fingerprint density at radius 1 is 1.13 bits per heavy atom. The van der Waals surface area contributed by atoms with Gasteiger partial charge in [0, 0.05) is 18.8 Å². The van der Waals surface area contributed by atoms with Gasteiger partial charge in [-0.1, -0.05) is 24.3 Å². The number of amides is 1. The van der Waals surface area contributed by atoms with E-state index in [0.29, 0.717) is 13.1 Å². The third-order valence-corrected chi connectivity index (χ3v) is 3.76. The number of carbonyl (C=O) groups is 1. The van der Waals surface area contributed by atoms with Crippen molar-refractivity contribution in [3.05, 3.63) is 54.1 Å². The van der Waals surface area contributed by atoms with Gasteiger partial charge in [-0.15, -0.1) is 0 Å². The van der Waals surface area contributed by atoms with Crippen LogP contribution in [0.1, 0.15) is 12.5 Å². The molecule has 0 saturated heterocycles. The number of rotatable bonds is 6. The van der Waals surface area contributed by atoms with Gasteiger partial charge in [0.25, 0.3) is 0 Å².